The number of ketones is 1. The number of hydrogen-bond acceptors (Lipinski definition) is 2. The maximum atomic E-state index is 9.54. The van der Waals surface area contributed by atoms with E-state index in [4.69, 9.17) is 5.11 Å². The molecule has 0 bridgehead atoms. The standard InChI is InChI=1S/C3H4O3.CH4.CH3.Y/c1-2(4)3(5)6;;;/h1H3,(H,5,6);1H4;1H3;/q;;-1;. The summed E-state index contributed by atoms with van der Waals surface area (Å²) in [7, 11) is 0. The molecule has 4 heteroatoms. The van der Waals surface area contributed by atoms with Crippen molar-refractivity contribution in [2.75, 3.05) is 0 Å². The summed E-state index contributed by atoms with van der Waals surface area (Å²) in [5.41, 5.74) is 0. The van der Waals surface area contributed by atoms with Crippen molar-refractivity contribution in [1.82, 2.24) is 0 Å². The second kappa shape index (κ2) is 11.1. The van der Waals surface area contributed by atoms with Crippen molar-refractivity contribution >= 4 is 11.8 Å². The molecular formula is C5H11O3Y-. The molecule has 0 fully saturated rings. The second-order valence-corrected chi connectivity index (χ2v) is 0.861. The molecule has 0 unspecified atom stereocenters. The zero-order valence-corrected chi connectivity index (χ0v) is 7.68. The first-order valence-corrected chi connectivity index (χ1v) is 1.38. The number of carboxylic acids is 1. The molecular weight excluding hydrogens is 197 g/mol. The maximum Gasteiger partial charge on any atom is 0.371 e. The minimum atomic E-state index is -1.38. The van der Waals surface area contributed by atoms with Crippen LogP contribution in [0.25, 0.3) is 0 Å². The van der Waals surface area contributed by atoms with Crippen LogP contribution in [0.4, 0.5) is 0 Å². The second-order valence-electron chi connectivity index (χ2n) is 0.861. The Hall–Kier alpha value is 0.244. The first kappa shape index (κ1) is 22.8. The summed E-state index contributed by atoms with van der Waals surface area (Å²) >= 11 is 0. The van der Waals surface area contributed by atoms with E-state index in [-0.39, 0.29) is 47.6 Å². The van der Waals surface area contributed by atoms with Crippen molar-refractivity contribution in [2.45, 2.75) is 14.4 Å². The van der Waals surface area contributed by atoms with Gasteiger partial charge >= 0.3 is 5.97 Å². The fourth-order valence-electron chi connectivity index (χ4n) is 0. The van der Waals surface area contributed by atoms with Gasteiger partial charge in [-0.1, -0.05) is 7.43 Å². The third-order valence-electron chi connectivity index (χ3n) is 0.301. The minimum Gasteiger partial charge on any atom is -0.476 e. The van der Waals surface area contributed by atoms with Crippen LogP contribution in [0.1, 0.15) is 14.4 Å². The molecule has 0 aromatic rings. The molecule has 0 atom stereocenters. The number of rotatable bonds is 1. The Kier molecular flexibility index (Phi) is 28.2. The van der Waals surface area contributed by atoms with E-state index in [0.29, 0.717) is 0 Å². The summed E-state index contributed by atoms with van der Waals surface area (Å²) in [5.74, 6) is -2.20. The van der Waals surface area contributed by atoms with Crippen LogP contribution in [0.2, 0.25) is 0 Å². The molecule has 0 aromatic heterocycles. The molecule has 1 radical (unpaired) electrons. The normalized spacial score (nSPS) is 5.00. The molecule has 0 aliphatic heterocycles. The van der Waals surface area contributed by atoms with Gasteiger partial charge in [0.25, 0.3) is 0 Å². The summed E-state index contributed by atoms with van der Waals surface area (Å²) in [6.45, 7) is 1.00. The SMILES string of the molecule is C.CC(=O)C(=O)O.[CH3-].[Y]. The summed E-state index contributed by atoms with van der Waals surface area (Å²) in [6, 6.07) is 0. The van der Waals surface area contributed by atoms with Gasteiger partial charge in [-0.05, 0) is 0 Å². The molecule has 3 nitrogen and oxygen atoms in total. The van der Waals surface area contributed by atoms with Crippen LogP contribution in [0.5, 0.6) is 0 Å². The number of carboxylic acid groups (broad SMARTS) is 1. The van der Waals surface area contributed by atoms with Gasteiger partial charge in [0.15, 0.2) is 0 Å². The van der Waals surface area contributed by atoms with E-state index < -0.39 is 11.8 Å². The van der Waals surface area contributed by atoms with Crippen LogP contribution in [0.15, 0.2) is 0 Å². The van der Waals surface area contributed by atoms with E-state index in [1.54, 1.807) is 0 Å². The smallest absolute Gasteiger partial charge is 0.371 e. The molecule has 0 heterocycles. The largest absolute Gasteiger partial charge is 0.476 e. The van der Waals surface area contributed by atoms with Crippen LogP contribution < -0.4 is 0 Å². The van der Waals surface area contributed by atoms with Gasteiger partial charge in [0.05, 0.1) is 0 Å². The van der Waals surface area contributed by atoms with E-state index >= 15 is 0 Å². The fourth-order valence-corrected chi connectivity index (χ4v) is 0. The predicted octanol–water partition coefficient (Wildman–Crippen LogP) is 0.744. The molecule has 1 N–H and O–H groups in total. The van der Waals surface area contributed by atoms with E-state index in [1.165, 1.54) is 0 Å². The van der Waals surface area contributed by atoms with E-state index in [2.05, 4.69) is 0 Å². The van der Waals surface area contributed by atoms with Gasteiger partial charge < -0.3 is 12.5 Å². The zero-order valence-electron chi connectivity index (χ0n) is 4.84. The minimum absolute atomic E-state index is 0. The molecule has 0 amide bonds. The van der Waals surface area contributed by atoms with Gasteiger partial charge in [0, 0.05) is 39.6 Å². The van der Waals surface area contributed by atoms with Crippen molar-refractivity contribution in [3.8, 4) is 0 Å². The van der Waals surface area contributed by atoms with Gasteiger partial charge in [0.1, 0.15) is 0 Å². The Balaban J connectivity index is -0.0000000417. The van der Waals surface area contributed by atoms with Gasteiger partial charge in [-0.25, -0.2) is 4.79 Å². The summed E-state index contributed by atoms with van der Waals surface area (Å²) in [5, 5.41) is 7.64. The van der Waals surface area contributed by atoms with Crippen molar-refractivity contribution < 1.29 is 47.4 Å². The summed E-state index contributed by atoms with van der Waals surface area (Å²) in [4.78, 5) is 18.9. The van der Waals surface area contributed by atoms with Crippen molar-refractivity contribution in [2.24, 2.45) is 0 Å². The monoisotopic (exact) mass is 208 g/mol. The molecule has 0 aliphatic carbocycles. The molecule has 0 saturated heterocycles. The van der Waals surface area contributed by atoms with Crippen LogP contribution in [0, 0.1) is 7.43 Å². The molecule has 0 saturated carbocycles. The third-order valence-corrected chi connectivity index (χ3v) is 0.301. The topological polar surface area (TPSA) is 54.4 Å². The van der Waals surface area contributed by atoms with Crippen LogP contribution in [-0.4, -0.2) is 16.9 Å². The number of aliphatic carboxylic acids is 1. The van der Waals surface area contributed by atoms with E-state index in [9.17, 15) is 9.59 Å². The summed E-state index contributed by atoms with van der Waals surface area (Å²) < 4.78 is 0. The van der Waals surface area contributed by atoms with Crippen molar-refractivity contribution in [3.05, 3.63) is 7.43 Å². The van der Waals surface area contributed by atoms with Gasteiger partial charge in [0.2, 0.25) is 5.78 Å². The maximum absolute atomic E-state index is 9.54. The number of hydrogen-bond donors (Lipinski definition) is 1. The van der Waals surface area contributed by atoms with Crippen molar-refractivity contribution in [1.29, 1.82) is 0 Å². The quantitative estimate of drug-likeness (QED) is 0.510. The molecule has 9 heavy (non-hydrogen) atoms. The van der Waals surface area contributed by atoms with Crippen LogP contribution in [-0.2, 0) is 42.3 Å². The third kappa shape index (κ3) is 17.8. The number of carbonyl (C=O) groups is 2. The molecule has 53 valence electrons. The fraction of sp³-hybridized carbons (Fsp3) is 0.400. The summed E-state index contributed by atoms with van der Waals surface area (Å²) in [6.07, 6.45) is 0. The zero-order chi connectivity index (χ0) is 5.15. The average Bonchev–Trinajstić information content (AvgIpc) is 1.36. The van der Waals surface area contributed by atoms with Gasteiger partial charge in [-0.15, -0.1) is 0 Å². The number of Topliss-reactive ketones (excluding diaryl/α,β-unsaturated/α-hetero) is 1. The Bertz CT molecular complexity index is 78.2. The Morgan fingerprint density at radius 1 is 1.33 bits per heavy atom. The Labute approximate surface area is 80.7 Å². The molecule has 0 aliphatic rings. The van der Waals surface area contributed by atoms with Crippen molar-refractivity contribution in [3.63, 3.8) is 0 Å². The van der Waals surface area contributed by atoms with E-state index in [1.807, 2.05) is 0 Å². The van der Waals surface area contributed by atoms with Crippen LogP contribution in [0.3, 0.4) is 0 Å². The van der Waals surface area contributed by atoms with Gasteiger partial charge in [-0.3, -0.25) is 4.79 Å². The predicted molar refractivity (Wildman–Crippen MR) is 31.5 cm³/mol. The van der Waals surface area contributed by atoms with Crippen LogP contribution >= 0.6 is 0 Å². The average molecular weight is 208 g/mol. The molecule has 0 spiro atoms. The van der Waals surface area contributed by atoms with E-state index in [0.717, 1.165) is 6.92 Å². The molecule has 0 aromatic carbocycles. The Morgan fingerprint density at radius 3 is 1.44 bits per heavy atom. The number of carbonyl (C=O) groups excluding carboxylic acids is 1. The van der Waals surface area contributed by atoms with Gasteiger partial charge in [-0.2, -0.15) is 0 Å². The molecule has 0 rings (SSSR count). The Morgan fingerprint density at radius 2 is 1.44 bits per heavy atom. The first-order chi connectivity index (χ1) is 2.64. The first-order valence-electron chi connectivity index (χ1n) is 1.38.